The molecule has 0 saturated carbocycles. The molecule has 0 radical (unpaired) electrons. The van der Waals surface area contributed by atoms with Gasteiger partial charge in [-0.05, 0) is 106 Å². The van der Waals surface area contributed by atoms with Gasteiger partial charge in [0.25, 0.3) is 0 Å². The second-order valence-corrected chi connectivity index (χ2v) is 13.6. The third kappa shape index (κ3) is 5.06. The molecule has 9 aromatic rings. The molecule has 2 nitrogen and oxygen atoms in total. The predicted molar refractivity (Wildman–Crippen MR) is 218 cm³/mol. The summed E-state index contributed by atoms with van der Waals surface area (Å²) in [5.41, 5.74) is 11.9. The summed E-state index contributed by atoms with van der Waals surface area (Å²) < 4.78 is 2.39. The average Bonchev–Trinajstić information content (AvgIpc) is 3.57. The minimum atomic E-state index is 0.177. The fraction of sp³-hybridized carbons (Fsp3) is 0.0400. The summed E-state index contributed by atoms with van der Waals surface area (Å²) in [5, 5.41) is 6.22. The highest BCUT2D eigenvalue weighted by Crippen LogP contribution is 2.46. The van der Waals surface area contributed by atoms with Gasteiger partial charge in [-0.3, -0.25) is 0 Å². The predicted octanol–water partition coefficient (Wildman–Crippen LogP) is 13.2. The molecule has 0 spiro atoms. The van der Waals surface area contributed by atoms with Crippen molar-refractivity contribution in [1.29, 1.82) is 0 Å². The lowest BCUT2D eigenvalue weighted by molar-refractivity contribution is 0.819. The van der Waals surface area contributed by atoms with Gasteiger partial charge in [-0.2, -0.15) is 0 Å². The maximum absolute atomic E-state index is 3.42. The largest absolute Gasteiger partial charge is 0.310 e. The van der Waals surface area contributed by atoms with Crippen LogP contribution in [-0.4, -0.2) is 4.57 Å². The van der Waals surface area contributed by atoms with Crippen molar-refractivity contribution >= 4 is 55.6 Å². The van der Waals surface area contributed by atoms with E-state index >= 15 is 0 Å². The lowest BCUT2D eigenvalue weighted by Crippen LogP contribution is -2.12. The van der Waals surface area contributed by atoms with E-state index in [4.69, 9.17) is 0 Å². The molecule has 1 aliphatic rings. The van der Waals surface area contributed by atoms with Crippen molar-refractivity contribution < 1.29 is 0 Å². The van der Waals surface area contributed by atoms with Gasteiger partial charge in [-0.25, -0.2) is 0 Å². The van der Waals surface area contributed by atoms with Gasteiger partial charge in [0.05, 0.1) is 16.9 Å². The standard InChI is InChI=1S/C50H34N2/c1-3-13-35(14-4-1)37-25-29-42(30-26-37)51(44-31-27-36-15-7-8-17-39(36)33-44)43-21-11-18-40(34-43)45-23-12-24-48-49(45)47-32-28-38-16-9-10-22-46(38)50(47)52(48)41-19-5-2-6-20-41/h1-5,7-19,21-22,24-34,45H,23H2. The Morgan fingerprint density at radius 3 is 2.12 bits per heavy atom. The molecule has 0 aliphatic heterocycles. The van der Waals surface area contributed by atoms with Crippen LogP contribution in [0.15, 0.2) is 182 Å². The molecule has 0 fully saturated rings. The molecule has 10 rings (SSSR count). The number of rotatable bonds is 6. The Kier molecular flexibility index (Phi) is 7.22. The topological polar surface area (TPSA) is 8.17 Å². The molecule has 1 aliphatic carbocycles. The molecule has 0 amide bonds. The third-order valence-corrected chi connectivity index (χ3v) is 10.6. The van der Waals surface area contributed by atoms with Crippen molar-refractivity contribution in [2.24, 2.45) is 0 Å². The number of hydrogen-bond acceptors (Lipinski definition) is 1. The summed E-state index contributed by atoms with van der Waals surface area (Å²) in [6.45, 7) is 0. The van der Waals surface area contributed by atoms with Gasteiger partial charge in [0.15, 0.2) is 0 Å². The normalized spacial score (nSPS) is 13.7. The van der Waals surface area contributed by atoms with Crippen LogP contribution in [0.3, 0.4) is 0 Å². The van der Waals surface area contributed by atoms with Crippen molar-refractivity contribution in [3.05, 3.63) is 211 Å². The van der Waals surface area contributed by atoms with E-state index in [2.05, 4.69) is 204 Å². The summed E-state index contributed by atoms with van der Waals surface area (Å²) in [6.07, 6.45) is 5.57. The Morgan fingerprint density at radius 2 is 1.27 bits per heavy atom. The number of nitrogens with zero attached hydrogens (tertiary/aromatic N) is 2. The van der Waals surface area contributed by atoms with Gasteiger partial charge in [0.2, 0.25) is 0 Å². The van der Waals surface area contributed by atoms with Crippen LogP contribution < -0.4 is 4.90 Å². The zero-order valence-electron chi connectivity index (χ0n) is 28.6. The maximum Gasteiger partial charge on any atom is 0.0974 e. The minimum absolute atomic E-state index is 0.177. The first kappa shape index (κ1) is 30.0. The summed E-state index contributed by atoms with van der Waals surface area (Å²) >= 11 is 0. The van der Waals surface area contributed by atoms with Crippen molar-refractivity contribution in [3.63, 3.8) is 0 Å². The van der Waals surface area contributed by atoms with Crippen molar-refractivity contribution in [3.8, 4) is 16.8 Å². The smallest absolute Gasteiger partial charge is 0.0974 e. The van der Waals surface area contributed by atoms with E-state index in [1.54, 1.807) is 0 Å². The molecule has 1 aromatic heterocycles. The van der Waals surface area contributed by atoms with Gasteiger partial charge < -0.3 is 9.47 Å². The van der Waals surface area contributed by atoms with Crippen molar-refractivity contribution in [2.75, 3.05) is 4.90 Å². The zero-order chi connectivity index (χ0) is 34.4. The molecule has 0 bridgehead atoms. The molecule has 1 unspecified atom stereocenters. The van der Waals surface area contributed by atoms with E-state index in [9.17, 15) is 0 Å². The molecular weight excluding hydrogens is 629 g/mol. The van der Waals surface area contributed by atoms with Gasteiger partial charge in [0.1, 0.15) is 0 Å². The van der Waals surface area contributed by atoms with Gasteiger partial charge in [0, 0.05) is 33.8 Å². The average molecular weight is 663 g/mol. The molecular formula is C50H34N2. The van der Waals surface area contributed by atoms with Crippen molar-refractivity contribution in [2.45, 2.75) is 12.3 Å². The summed E-state index contributed by atoms with van der Waals surface area (Å²) in [4.78, 5) is 2.40. The maximum atomic E-state index is 3.42. The lowest BCUT2D eigenvalue weighted by Gasteiger charge is -2.28. The highest BCUT2D eigenvalue weighted by molar-refractivity contribution is 6.09. The van der Waals surface area contributed by atoms with E-state index in [1.165, 1.54) is 60.4 Å². The van der Waals surface area contributed by atoms with Crippen LogP contribution in [0.2, 0.25) is 0 Å². The molecule has 52 heavy (non-hydrogen) atoms. The van der Waals surface area contributed by atoms with Crippen LogP contribution in [0, 0.1) is 12.1 Å². The van der Waals surface area contributed by atoms with E-state index in [-0.39, 0.29) is 5.92 Å². The van der Waals surface area contributed by atoms with E-state index in [0.717, 1.165) is 29.2 Å². The van der Waals surface area contributed by atoms with Crippen molar-refractivity contribution in [1.82, 2.24) is 4.57 Å². The summed E-state index contributed by atoms with van der Waals surface area (Å²) in [6, 6.07) is 70.2. The Bertz CT molecular complexity index is 2760. The molecule has 0 N–H and O–H groups in total. The van der Waals surface area contributed by atoms with Gasteiger partial charge in [-0.1, -0.05) is 140 Å². The van der Waals surface area contributed by atoms with E-state index in [0.29, 0.717) is 0 Å². The zero-order valence-corrected chi connectivity index (χ0v) is 28.6. The first-order valence-corrected chi connectivity index (χ1v) is 18.0. The van der Waals surface area contributed by atoms with Crippen LogP contribution in [0.1, 0.15) is 29.2 Å². The Labute approximate surface area is 304 Å². The highest BCUT2D eigenvalue weighted by Gasteiger charge is 2.28. The molecule has 8 aromatic carbocycles. The van der Waals surface area contributed by atoms with Crippen LogP contribution in [-0.2, 0) is 0 Å². The van der Waals surface area contributed by atoms with E-state index < -0.39 is 0 Å². The van der Waals surface area contributed by atoms with Crippen LogP contribution in [0.25, 0.3) is 55.3 Å². The number of benzene rings is 7. The fourth-order valence-electron chi connectivity index (χ4n) is 8.16. The van der Waals surface area contributed by atoms with Crippen LogP contribution in [0.5, 0.6) is 0 Å². The Hall–Kier alpha value is -6.82. The second-order valence-electron chi connectivity index (χ2n) is 13.6. The Balaban J connectivity index is 1.14. The first-order chi connectivity index (χ1) is 25.8. The number of aromatic nitrogens is 1. The van der Waals surface area contributed by atoms with Gasteiger partial charge in [-0.15, -0.1) is 0 Å². The lowest BCUT2D eigenvalue weighted by atomic mass is 9.83. The number of fused-ring (bicyclic) bond motifs is 6. The molecule has 0 saturated heterocycles. The minimum Gasteiger partial charge on any atom is -0.310 e. The molecule has 2 heteroatoms. The van der Waals surface area contributed by atoms with Crippen LogP contribution >= 0.6 is 0 Å². The monoisotopic (exact) mass is 662 g/mol. The quantitative estimate of drug-likeness (QED) is 0.172. The van der Waals surface area contributed by atoms with E-state index in [1.807, 2.05) is 6.07 Å². The molecule has 1 heterocycles. The number of hydrogen-bond donors (Lipinski definition) is 0. The summed E-state index contributed by atoms with van der Waals surface area (Å²) in [7, 11) is 0. The fourth-order valence-corrected chi connectivity index (χ4v) is 8.16. The number of anilines is 3. The Morgan fingerprint density at radius 1 is 0.538 bits per heavy atom. The third-order valence-electron chi connectivity index (χ3n) is 10.6. The summed E-state index contributed by atoms with van der Waals surface area (Å²) in [5.74, 6) is 0.177. The van der Waals surface area contributed by atoms with Crippen LogP contribution in [0.4, 0.5) is 17.1 Å². The SMILES string of the molecule is c1cccc(-n2c3c(c4ccc5ccccc5c42)C(c2cccc(N(c4ccc(-c5ccccc5)cc4)c4ccc5ccccc5c4)c2)CC=C3)c#1. The van der Waals surface area contributed by atoms with Gasteiger partial charge >= 0.3 is 0 Å². The number of allylic oxidation sites excluding steroid dienone is 1. The highest BCUT2D eigenvalue weighted by atomic mass is 15.1. The first-order valence-electron chi connectivity index (χ1n) is 18.0. The molecule has 244 valence electrons. The molecule has 1 atom stereocenters. The second kappa shape index (κ2) is 12.5.